The Morgan fingerprint density at radius 1 is 1.16 bits per heavy atom. The molecule has 0 radical (unpaired) electrons. The first kappa shape index (κ1) is 26.2. The fourth-order valence-corrected chi connectivity index (χ4v) is 4.70. The average Bonchev–Trinajstić information content (AvgIpc) is 3.39. The molecule has 0 atom stereocenters. The third kappa shape index (κ3) is 5.85. The van der Waals surface area contributed by atoms with Gasteiger partial charge in [-0.05, 0) is 50.1 Å². The van der Waals surface area contributed by atoms with E-state index in [2.05, 4.69) is 20.3 Å². The molecule has 0 unspecified atom stereocenters. The number of rotatable bonds is 8. The van der Waals surface area contributed by atoms with Crippen LogP contribution < -0.4 is 10.1 Å². The summed E-state index contributed by atoms with van der Waals surface area (Å²) in [5.74, 6) is -0.0330. The van der Waals surface area contributed by atoms with Crippen molar-refractivity contribution in [2.45, 2.75) is 51.4 Å². The number of aromatic nitrogens is 4. The summed E-state index contributed by atoms with van der Waals surface area (Å²) in [7, 11) is 0. The van der Waals surface area contributed by atoms with Crippen molar-refractivity contribution in [1.29, 1.82) is 0 Å². The van der Waals surface area contributed by atoms with Gasteiger partial charge in [-0.25, -0.2) is 14.4 Å². The Morgan fingerprint density at radius 3 is 2.61 bits per heavy atom. The van der Waals surface area contributed by atoms with Crippen molar-refractivity contribution in [3.63, 3.8) is 0 Å². The van der Waals surface area contributed by atoms with E-state index in [-0.39, 0.29) is 50.2 Å². The summed E-state index contributed by atoms with van der Waals surface area (Å²) in [5, 5.41) is 12.2. The first-order valence-electron chi connectivity index (χ1n) is 12.9. The highest BCUT2D eigenvalue weighted by Gasteiger charge is 2.41. The van der Waals surface area contributed by atoms with E-state index >= 15 is 0 Å². The van der Waals surface area contributed by atoms with Gasteiger partial charge in [0.15, 0.2) is 5.82 Å². The molecule has 2 fully saturated rings. The predicted molar refractivity (Wildman–Crippen MR) is 135 cm³/mol. The number of ether oxygens (including phenoxy) is 3. The summed E-state index contributed by atoms with van der Waals surface area (Å²) in [6, 6.07) is 7.95. The van der Waals surface area contributed by atoms with Crippen molar-refractivity contribution in [1.82, 2.24) is 25.3 Å². The molecule has 202 valence electrons. The van der Waals surface area contributed by atoms with Crippen molar-refractivity contribution in [3.8, 4) is 28.7 Å². The van der Waals surface area contributed by atoms with Gasteiger partial charge in [-0.3, -0.25) is 4.79 Å². The van der Waals surface area contributed by atoms with Crippen molar-refractivity contribution in [2.75, 3.05) is 26.4 Å². The SMILES string of the molecule is CC1(C(=O)NC2CCCCC2)COC(c2nc(-c3ccc(F)cc3)c(-c3ccnc(OCCO)n3)[nH]2)OC1. The Hall–Kier alpha value is -3.41. The number of aromatic amines is 1. The van der Waals surface area contributed by atoms with E-state index in [9.17, 15) is 9.18 Å². The van der Waals surface area contributed by atoms with Crippen LogP contribution in [0.15, 0.2) is 36.5 Å². The van der Waals surface area contributed by atoms with Crippen molar-refractivity contribution in [3.05, 3.63) is 48.2 Å². The standard InChI is InChI=1S/C27H32FN5O5/c1-27(25(35)30-19-5-3-2-4-6-19)15-37-24(38-16-27)23-32-21(17-7-9-18(28)10-8-17)22(33-23)20-11-12-29-26(31-20)36-14-13-34/h7-12,19,24,34H,2-6,13-16H2,1H3,(H,30,35)(H,32,33). The highest BCUT2D eigenvalue weighted by Crippen LogP contribution is 2.36. The monoisotopic (exact) mass is 525 g/mol. The molecule has 10 nitrogen and oxygen atoms in total. The van der Waals surface area contributed by atoms with Gasteiger partial charge < -0.3 is 29.6 Å². The smallest absolute Gasteiger partial charge is 0.317 e. The minimum Gasteiger partial charge on any atom is -0.461 e. The molecule has 1 aromatic carbocycles. The summed E-state index contributed by atoms with van der Waals surface area (Å²) in [5.41, 5.74) is 1.39. The summed E-state index contributed by atoms with van der Waals surface area (Å²) in [6.07, 6.45) is 6.20. The van der Waals surface area contributed by atoms with Gasteiger partial charge in [0.05, 0.1) is 42.3 Å². The average molecular weight is 526 g/mol. The number of imidazole rings is 1. The number of hydrogen-bond donors (Lipinski definition) is 3. The summed E-state index contributed by atoms with van der Waals surface area (Å²) in [4.78, 5) is 29.5. The fourth-order valence-electron chi connectivity index (χ4n) is 4.70. The molecule has 3 aromatic rings. The van der Waals surface area contributed by atoms with Crippen molar-refractivity contribution >= 4 is 5.91 Å². The third-order valence-corrected chi connectivity index (χ3v) is 6.87. The second-order valence-electron chi connectivity index (χ2n) is 9.97. The van der Waals surface area contributed by atoms with E-state index in [1.807, 2.05) is 6.92 Å². The van der Waals surface area contributed by atoms with Crippen molar-refractivity contribution < 1.29 is 28.5 Å². The molecule has 0 bridgehead atoms. The normalized spacial score (nSPS) is 22.2. The van der Waals surface area contributed by atoms with E-state index in [0.29, 0.717) is 28.5 Å². The second kappa shape index (κ2) is 11.5. The number of benzene rings is 1. The maximum Gasteiger partial charge on any atom is 0.317 e. The number of hydrogen-bond acceptors (Lipinski definition) is 8. The quantitative estimate of drug-likeness (QED) is 0.407. The van der Waals surface area contributed by atoms with Crippen LogP contribution in [0.25, 0.3) is 22.6 Å². The largest absolute Gasteiger partial charge is 0.461 e. The summed E-state index contributed by atoms with van der Waals surface area (Å²) < 4.78 is 31.0. The topological polar surface area (TPSA) is 131 Å². The Morgan fingerprint density at radius 2 is 1.89 bits per heavy atom. The van der Waals surface area contributed by atoms with Crippen LogP contribution in [0.2, 0.25) is 0 Å². The zero-order valence-corrected chi connectivity index (χ0v) is 21.3. The zero-order chi connectivity index (χ0) is 26.5. The van der Waals surface area contributed by atoms with Gasteiger partial charge in [-0.2, -0.15) is 4.98 Å². The van der Waals surface area contributed by atoms with Crippen LogP contribution in [-0.4, -0.2) is 63.4 Å². The lowest BCUT2D eigenvalue weighted by Crippen LogP contribution is -2.51. The molecule has 1 aliphatic carbocycles. The van der Waals surface area contributed by atoms with Crippen LogP contribution >= 0.6 is 0 Å². The van der Waals surface area contributed by atoms with E-state index in [0.717, 1.165) is 25.7 Å². The molecule has 38 heavy (non-hydrogen) atoms. The van der Waals surface area contributed by atoms with Gasteiger partial charge in [0, 0.05) is 17.8 Å². The lowest BCUT2D eigenvalue weighted by Gasteiger charge is -2.37. The zero-order valence-electron chi connectivity index (χ0n) is 21.3. The summed E-state index contributed by atoms with van der Waals surface area (Å²) >= 11 is 0. The number of nitrogens with one attached hydrogen (secondary N) is 2. The molecular formula is C27H32FN5O5. The van der Waals surface area contributed by atoms with Gasteiger partial charge in [-0.15, -0.1) is 0 Å². The predicted octanol–water partition coefficient (Wildman–Crippen LogP) is 3.54. The van der Waals surface area contributed by atoms with Gasteiger partial charge in [0.25, 0.3) is 0 Å². The Labute approximate surface area is 220 Å². The van der Waals surface area contributed by atoms with Gasteiger partial charge in [-0.1, -0.05) is 19.3 Å². The molecule has 0 spiro atoms. The number of nitrogens with zero attached hydrogens (tertiary/aromatic N) is 3. The Balaban J connectivity index is 1.37. The van der Waals surface area contributed by atoms with Crippen molar-refractivity contribution in [2.24, 2.45) is 5.41 Å². The molecule has 3 N–H and O–H groups in total. The molecule has 1 saturated carbocycles. The van der Waals surface area contributed by atoms with Crippen LogP contribution in [0.3, 0.4) is 0 Å². The lowest BCUT2D eigenvalue weighted by atomic mass is 9.89. The first-order chi connectivity index (χ1) is 18.4. The molecule has 11 heteroatoms. The number of halogens is 1. The lowest BCUT2D eigenvalue weighted by molar-refractivity contribution is -0.231. The number of carbonyl (C=O) groups excluding carboxylic acids is 1. The van der Waals surface area contributed by atoms with E-state index in [1.54, 1.807) is 18.2 Å². The molecule has 1 saturated heterocycles. The number of H-pyrrole nitrogens is 1. The third-order valence-electron chi connectivity index (χ3n) is 6.87. The number of aliphatic hydroxyl groups excluding tert-OH is 1. The van der Waals surface area contributed by atoms with Crippen LogP contribution in [0, 0.1) is 11.2 Å². The fraction of sp³-hybridized carbons (Fsp3) is 0.481. The maximum atomic E-state index is 13.6. The molecule has 2 aliphatic rings. The van der Waals surface area contributed by atoms with Crippen LogP contribution in [0.1, 0.15) is 51.1 Å². The van der Waals surface area contributed by atoms with Crippen LogP contribution in [0.5, 0.6) is 6.01 Å². The van der Waals surface area contributed by atoms with Crippen LogP contribution in [0.4, 0.5) is 4.39 Å². The minimum absolute atomic E-state index is 0.0549. The molecular weight excluding hydrogens is 493 g/mol. The number of carbonyl (C=O) groups is 1. The molecule has 2 aromatic heterocycles. The van der Waals surface area contributed by atoms with E-state index in [1.165, 1.54) is 24.8 Å². The minimum atomic E-state index is -0.828. The second-order valence-corrected chi connectivity index (χ2v) is 9.97. The first-order valence-corrected chi connectivity index (χ1v) is 12.9. The molecule has 1 amide bonds. The summed E-state index contributed by atoms with van der Waals surface area (Å²) in [6.45, 7) is 2.07. The molecule has 5 rings (SSSR count). The van der Waals surface area contributed by atoms with Crippen LogP contribution in [-0.2, 0) is 14.3 Å². The Kier molecular flexibility index (Phi) is 7.96. The number of aliphatic hydroxyl groups is 1. The number of amides is 1. The molecule has 3 heterocycles. The highest BCUT2D eigenvalue weighted by molar-refractivity contribution is 5.83. The van der Waals surface area contributed by atoms with E-state index < -0.39 is 11.7 Å². The Bertz CT molecular complexity index is 1240. The van der Waals surface area contributed by atoms with Gasteiger partial charge >= 0.3 is 6.01 Å². The van der Waals surface area contributed by atoms with E-state index in [4.69, 9.17) is 24.3 Å². The molecule has 1 aliphatic heterocycles. The van der Waals surface area contributed by atoms with Gasteiger partial charge in [0.2, 0.25) is 12.2 Å². The van der Waals surface area contributed by atoms with Gasteiger partial charge in [0.1, 0.15) is 12.4 Å². The maximum absolute atomic E-state index is 13.6. The highest BCUT2D eigenvalue weighted by atomic mass is 19.1.